The Labute approximate surface area is 96.6 Å². The molecule has 0 amide bonds. The van der Waals surface area contributed by atoms with E-state index in [1.807, 2.05) is 0 Å². The molecule has 0 unspecified atom stereocenters. The Bertz CT molecular complexity index is 663. The molecule has 0 saturated carbocycles. The number of rotatable bonds is 3. The van der Waals surface area contributed by atoms with Crippen LogP contribution in [-0.4, -0.2) is 15.6 Å². The Hall–Kier alpha value is -2.30. The van der Waals surface area contributed by atoms with Gasteiger partial charge >= 0.3 is 11.7 Å². The zero-order valence-electron chi connectivity index (χ0n) is 9.27. The van der Waals surface area contributed by atoms with Crippen LogP contribution in [0.5, 0.6) is 0 Å². The van der Waals surface area contributed by atoms with E-state index in [1.54, 1.807) is 25.2 Å². The van der Waals surface area contributed by atoms with Crippen molar-refractivity contribution in [2.24, 2.45) is 7.05 Å². The van der Waals surface area contributed by atoms with Gasteiger partial charge in [0.25, 0.3) is 0 Å². The summed E-state index contributed by atoms with van der Waals surface area (Å²) in [5, 5.41) is 8.74. The second-order valence-corrected chi connectivity index (χ2v) is 3.81. The molecule has 1 N–H and O–H groups in total. The molecule has 88 valence electrons. The first-order chi connectivity index (χ1) is 7.99. The largest absolute Gasteiger partial charge is 0.478 e. The van der Waals surface area contributed by atoms with Crippen LogP contribution in [-0.2, 0) is 18.3 Å². The second kappa shape index (κ2) is 3.93. The molecule has 17 heavy (non-hydrogen) atoms. The van der Waals surface area contributed by atoms with Gasteiger partial charge in [-0.05, 0) is 17.7 Å². The average molecular weight is 233 g/mol. The Kier molecular flexibility index (Phi) is 2.59. The van der Waals surface area contributed by atoms with E-state index < -0.39 is 11.7 Å². The number of hydrogen-bond acceptors (Lipinski definition) is 3. The molecule has 0 bridgehead atoms. The highest BCUT2D eigenvalue weighted by atomic mass is 16.4. The van der Waals surface area contributed by atoms with Gasteiger partial charge in [-0.3, -0.25) is 4.57 Å². The number of fused-ring (bicyclic) bond motifs is 1. The van der Waals surface area contributed by atoms with E-state index in [9.17, 15) is 9.59 Å². The SMILES string of the molecule is C=C(Cc1ccc2oc(=O)n(C)c2c1)C(=O)O. The zero-order valence-corrected chi connectivity index (χ0v) is 9.27. The quantitative estimate of drug-likeness (QED) is 0.811. The van der Waals surface area contributed by atoms with Gasteiger partial charge < -0.3 is 9.52 Å². The number of aliphatic carboxylic acids is 1. The lowest BCUT2D eigenvalue weighted by Crippen LogP contribution is -2.08. The maximum Gasteiger partial charge on any atom is 0.419 e. The van der Waals surface area contributed by atoms with E-state index in [-0.39, 0.29) is 12.0 Å². The molecule has 1 aromatic carbocycles. The van der Waals surface area contributed by atoms with Gasteiger partial charge in [-0.2, -0.15) is 0 Å². The standard InChI is InChI=1S/C12H11NO4/c1-7(11(14)15)5-8-3-4-10-9(6-8)13(2)12(16)17-10/h3-4,6H,1,5H2,2H3,(H,14,15). The minimum atomic E-state index is -1.02. The molecule has 5 nitrogen and oxygen atoms in total. The van der Waals surface area contributed by atoms with Gasteiger partial charge in [0, 0.05) is 19.0 Å². The van der Waals surface area contributed by atoms with Crippen LogP contribution in [0.1, 0.15) is 5.56 Å². The fourth-order valence-corrected chi connectivity index (χ4v) is 1.60. The molecule has 2 aromatic rings. The van der Waals surface area contributed by atoms with E-state index in [0.717, 1.165) is 5.56 Å². The number of aromatic nitrogens is 1. The maximum atomic E-state index is 11.3. The fraction of sp³-hybridized carbons (Fsp3) is 0.167. The van der Waals surface area contributed by atoms with Crippen LogP contribution < -0.4 is 5.76 Å². The molecule has 1 heterocycles. The predicted molar refractivity (Wildman–Crippen MR) is 61.9 cm³/mol. The summed E-state index contributed by atoms with van der Waals surface area (Å²) < 4.78 is 6.35. The Balaban J connectivity index is 2.44. The molecule has 0 aliphatic carbocycles. The molecule has 1 aromatic heterocycles. The van der Waals surface area contributed by atoms with Crippen LogP contribution in [0.3, 0.4) is 0 Å². The van der Waals surface area contributed by atoms with Crippen molar-refractivity contribution in [1.82, 2.24) is 4.57 Å². The highest BCUT2D eigenvalue weighted by Crippen LogP contribution is 2.16. The number of carboxylic acids is 1. The third-order valence-corrected chi connectivity index (χ3v) is 2.58. The monoisotopic (exact) mass is 233 g/mol. The summed E-state index contributed by atoms with van der Waals surface area (Å²) in [5.74, 6) is -1.46. The fourth-order valence-electron chi connectivity index (χ4n) is 1.60. The highest BCUT2D eigenvalue weighted by Gasteiger charge is 2.09. The van der Waals surface area contributed by atoms with Gasteiger partial charge in [0.2, 0.25) is 0 Å². The Morgan fingerprint density at radius 3 is 2.88 bits per heavy atom. The van der Waals surface area contributed by atoms with Crippen LogP contribution in [0.4, 0.5) is 0 Å². The van der Waals surface area contributed by atoms with Crippen LogP contribution in [0.25, 0.3) is 11.1 Å². The van der Waals surface area contributed by atoms with Crippen molar-refractivity contribution in [3.8, 4) is 0 Å². The maximum absolute atomic E-state index is 11.3. The number of nitrogens with zero attached hydrogens (tertiary/aromatic N) is 1. The summed E-state index contributed by atoms with van der Waals surface area (Å²) in [7, 11) is 1.60. The first-order valence-corrected chi connectivity index (χ1v) is 4.98. The van der Waals surface area contributed by atoms with Gasteiger partial charge in [0.15, 0.2) is 5.58 Å². The summed E-state index contributed by atoms with van der Waals surface area (Å²) in [5.41, 5.74) is 2.02. The summed E-state index contributed by atoms with van der Waals surface area (Å²) in [6, 6.07) is 5.11. The first-order valence-electron chi connectivity index (χ1n) is 4.98. The van der Waals surface area contributed by atoms with Crippen LogP contribution in [0.15, 0.2) is 39.6 Å². The van der Waals surface area contributed by atoms with Gasteiger partial charge in [0.05, 0.1) is 5.52 Å². The third kappa shape index (κ3) is 1.99. The van der Waals surface area contributed by atoms with Gasteiger partial charge in [-0.25, -0.2) is 9.59 Å². The minimum absolute atomic E-state index is 0.109. The molecule has 0 saturated heterocycles. The van der Waals surface area contributed by atoms with Crippen molar-refractivity contribution in [2.45, 2.75) is 6.42 Å². The minimum Gasteiger partial charge on any atom is -0.478 e. The molecule has 0 spiro atoms. The summed E-state index contributed by atoms with van der Waals surface area (Å²) in [4.78, 5) is 21.9. The number of carboxylic acid groups (broad SMARTS) is 1. The topological polar surface area (TPSA) is 72.4 Å². The number of carbonyl (C=O) groups is 1. The van der Waals surface area contributed by atoms with Crippen molar-refractivity contribution in [3.05, 3.63) is 46.5 Å². The Morgan fingerprint density at radius 1 is 1.53 bits per heavy atom. The number of oxazole rings is 1. The summed E-state index contributed by atoms with van der Waals surface area (Å²) >= 11 is 0. The predicted octanol–water partition coefficient (Wildman–Crippen LogP) is 1.31. The van der Waals surface area contributed by atoms with Crippen molar-refractivity contribution in [1.29, 1.82) is 0 Å². The lowest BCUT2D eigenvalue weighted by Gasteiger charge is -2.01. The summed E-state index contributed by atoms with van der Waals surface area (Å²) in [6.45, 7) is 3.47. The van der Waals surface area contributed by atoms with E-state index in [2.05, 4.69) is 6.58 Å². The second-order valence-electron chi connectivity index (χ2n) is 3.81. The van der Waals surface area contributed by atoms with Crippen LogP contribution in [0.2, 0.25) is 0 Å². The van der Waals surface area contributed by atoms with E-state index in [4.69, 9.17) is 9.52 Å². The third-order valence-electron chi connectivity index (χ3n) is 2.58. The summed E-state index contributed by atoms with van der Waals surface area (Å²) in [6.07, 6.45) is 0.241. The number of hydrogen-bond donors (Lipinski definition) is 1. The molecule has 0 atom stereocenters. The van der Waals surface area contributed by atoms with E-state index in [0.29, 0.717) is 11.1 Å². The molecular weight excluding hydrogens is 222 g/mol. The molecule has 0 aliphatic heterocycles. The van der Waals surface area contributed by atoms with Gasteiger partial charge in [-0.1, -0.05) is 12.6 Å². The first kappa shape index (κ1) is 11.2. The van der Waals surface area contributed by atoms with Gasteiger partial charge in [-0.15, -0.1) is 0 Å². The van der Waals surface area contributed by atoms with Crippen molar-refractivity contribution >= 4 is 17.1 Å². The lowest BCUT2D eigenvalue weighted by atomic mass is 10.1. The number of benzene rings is 1. The molecule has 0 aliphatic rings. The molecule has 0 radical (unpaired) electrons. The van der Waals surface area contributed by atoms with Crippen molar-refractivity contribution in [2.75, 3.05) is 0 Å². The van der Waals surface area contributed by atoms with E-state index in [1.165, 1.54) is 4.57 Å². The average Bonchev–Trinajstić information content (AvgIpc) is 2.55. The zero-order chi connectivity index (χ0) is 12.6. The Morgan fingerprint density at radius 2 is 2.24 bits per heavy atom. The smallest absolute Gasteiger partial charge is 0.419 e. The van der Waals surface area contributed by atoms with Crippen molar-refractivity contribution < 1.29 is 14.3 Å². The molecular formula is C12H11NO4. The molecule has 5 heteroatoms. The van der Waals surface area contributed by atoms with Gasteiger partial charge in [0.1, 0.15) is 0 Å². The lowest BCUT2D eigenvalue weighted by molar-refractivity contribution is -0.132. The highest BCUT2D eigenvalue weighted by molar-refractivity contribution is 5.86. The van der Waals surface area contributed by atoms with E-state index >= 15 is 0 Å². The molecule has 2 rings (SSSR count). The van der Waals surface area contributed by atoms with Crippen LogP contribution in [0, 0.1) is 0 Å². The van der Waals surface area contributed by atoms with Crippen molar-refractivity contribution in [3.63, 3.8) is 0 Å². The number of aryl methyl sites for hydroxylation is 1. The van der Waals surface area contributed by atoms with Crippen LogP contribution >= 0.6 is 0 Å². The normalized spacial score (nSPS) is 10.6. The molecule has 0 fully saturated rings.